The van der Waals surface area contributed by atoms with E-state index in [4.69, 9.17) is 4.52 Å². The Labute approximate surface area is 154 Å². The zero-order valence-corrected chi connectivity index (χ0v) is 15.3. The van der Waals surface area contributed by atoms with Crippen molar-refractivity contribution in [2.75, 3.05) is 44.2 Å². The highest BCUT2D eigenvalue weighted by atomic mass is 16.5. The lowest BCUT2D eigenvalue weighted by Crippen LogP contribution is -2.62. The van der Waals surface area contributed by atoms with Crippen LogP contribution in [0.25, 0.3) is 0 Å². The molecule has 2 aromatic heterocycles. The van der Waals surface area contributed by atoms with Crippen molar-refractivity contribution < 1.29 is 4.52 Å². The van der Waals surface area contributed by atoms with Gasteiger partial charge in [0.05, 0.1) is 0 Å². The van der Waals surface area contributed by atoms with Gasteiger partial charge in [0.15, 0.2) is 0 Å². The first kappa shape index (κ1) is 16.3. The standard InChI is InChI=1S/C20H27N5O/c1-2-6-19-17(5-1)18(22-26-19)15-23-13-16(14-23)24-9-11-25(12-10-24)20-7-3-4-8-21-20/h3-4,7-8,16H,1-2,5-6,9-15H2. The van der Waals surface area contributed by atoms with Crippen LogP contribution in [0.5, 0.6) is 0 Å². The van der Waals surface area contributed by atoms with E-state index in [1.807, 2.05) is 12.3 Å². The van der Waals surface area contributed by atoms with Gasteiger partial charge >= 0.3 is 0 Å². The summed E-state index contributed by atoms with van der Waals surface area (Å²) in [4.78, 5) is 12.0. The minimum Gasteiger partial charge on any atom is -0.361 e. The number of likely N-dealkylation sites (tertiary alicyclic amines) is 1. The molecule has 0 saturated carbocycles. The van der Waals surface area contributed by atoms with E-state index in [9.17, 15) is 0 Å². The molecule has 2 aromatic rings. The molecular weight excluding hydrogens is 326 g/mol. The van der Waals surface area contributed by atoms with Crippen LogP contribution in [0.3, 0.4) is 0 Å². The first-order valence-electron chi connectivity index (χ1n) is 9.95. The summed E-state index contributed by atoms with van der Waals surface area (Å²) in [5.74, 6) is 2.26. The third-order valence-electron chi connectivity index (χ3n) is 6.15. The Morgan fingerprint density at radius 2 is 1.88 bits per heavy atom. The highest BCUT2D eigenvalue weighted by Gasteiger charge is 2.34. The normalized spacial score (nSPS) is 22.2. The molecule has 6 nitrogen and oxygen atoms in total. The summed E-state index contributed by atoms with van der Waals surface area (Å²) in [7, 11) is 0. The van der Waals surface area contributed by atoms with E-state index in [0.717, 1.165) is 70.2 Å². The zero-order valence-electron chi connectivity index (χ0n) is 15.3. The number of piperazine rings is 1. The molecule has 0 unspecified atom stereocenters. The molecule has 2 aliphatic heterocycles. The van der Waals surface area contributed by atoms with Crippen molar-refractivity contribution in [3.8, 4) is 0 Å². The molecule has 0 aromatic carbocycles. The second kappa shape index (κ2) is 7.00. The number of aryl methyl sites for hydroxylation is 1. The van der Waals surface area contributed by atoms with E-state index in [0.29, 0.717) is 6.04 Å². The Balaban J connectivity index is 1.11. The topological polar surface area (TPSA) is 48.6 Å². The molecule has 1 aliphatic carbocycles. The van der Waals surface area contributed by atoms with Crippen LogP contribution < -0.4 is 4.90 Å². The Bertz CT molecular complexity index is 732. The third kappa shape index (κ3) is 3.12. The maximum absolute atomic E-state index is 5.56. The summed E-state index contributed by atoms with van der Waals surface area (Å²) in [5, 5.41) is 4.36. The first-order valence-corrected chi connectivity index (χ1v) is 9.95. The van der Waals surface area contributed by atoms with E-state index in [2.05, 4.69) is 37.0 Å². The fourth-order valence-electron chi connectivity index (χ4n) is 4.54. The molecule has 0 amide bonds. The van der Waals surface area contributed by atoms with Crippen molar-refractivity contribution in [1.82, 2.24) is 19.9 Å². The summed E-state index contributed by atoms with van der Waals surface area (Å²) in [5.41, 5.74) is 2.60. The molecule has 6 heteroatoms. The van der Waals surface area contributed by atoms with Crippen molar-refractivity contribution in [3.05, 3.63) is 41.4 Å². The van der Waals surface area contributed by atoms with Gasteiger partial charge in [0.1, 0.15) is 17.3 Å². The average molecular weight is 353 g/mol. The van der Waals surface area contributed by atoms with E-state index < -0.39 is 0 Å². The van der Waals surface area contributed by atoms with Crippen LogP contribution in [0.1, 0.15) is 29.9 Å². The number of hydrogen-bond donors (Lipinski definition) is 0. The zero-order chi connectivity index (χ0) is 17.3. The predicted octanol–water partition coefficient (Wildman–Crippen LogP) is 1.95. The van der Waals surface area contributed by atoms with Crippen molar-refractivity contribution in [2.24, 2.45) is 0 Å². The Morgan fingerprint density at radius 1 is 1.04 bits per heavy atom. The van der Waals surface area contributed by atoms with Crippen molar-refractivity contribution in [3.63, 3.8) is 0 Å². The minimum atomic E-state index is 0.698. The van der Waals surface area contributed by atoms with Gasteiger partial charge < -0.3 is 9.42 Å². The fourth-order valence-corrected chi connectivity index (χ4v) is 4.54. The van der Waals surface area contributed by atoms with Gasteiger partial charge in [-0.05, 0) is 31.4 Å². The highest BCUT2D eigenvalue weighted by molar-refractivity contribution is 5.38. The van der Waals surface area contributed by atoms with Gasteiger partial charge in [0, 0.05) is 70.0 Å². The molecule has 2 saturated heterocycles. The molecule has 0 atom stereocenters. The largest absolute Gasteiger partial charge is 0.361 e. The SMILES string of the molecule is c1ccc(N2CCN(C3CN(Cc4noc5c4CCCC5)C3)CC2)nc1. The van der Waals surface area contributed by atoms with Crippen molar-refractivity contribution >= 4 is 5.82 Å². The van der Waals surface area contributed by atoms with Crippen LogP contribution in [0.2, 0.25) is 0 Å². The third-order valence-corrected chi connectivity index (χ3v) is 6.15. The second-order valence-corrected chi connectivity index (χ2v) is 7.80. The van der Waals surface area contributed by atoms with Gasteiger partial charge in [-0.3, -0.25) is 9.80 Å². The molecule has 4 heterocycles. The quantitative estimate of drug-likeness (QED) is 0.837. The van der Waals surface area contributed by atoms with Gasteiger partial charge in [0.25, 0.3) is 0 Å². The average Bonchev–Trinajstić information content (AvgIpc) is 3.08. The van der Waals surface area contributed by atoms with Crippen LogP contribution in [0, 0.1) is 0 Å². The number of anilines is 1. The summed E-state index contributed by atoms with van der Waals surface area (Å²) in [6.07, 6.45) is 6.64. The molecule has 0 spiro atoms. The van der Waals surface area contributed by atoms with Crippen molar-refractivity contribution in [1.29, 1.82) is 0 Å². The number of hydrogen-bond acceptors (Lipinski definition) is 6. The van der Waals surface area contributed by atoms with E-state index in [1.54, 1.807) is 0 Å². The summed E-state index contributed by atoms with van der Waals surface area (Å²) in [6.45, 7) is 7.69. The highest BCUT2D eigenvalue weighted by Crippen LogP contribution is 2.27. The van der Waals surface area contributed by atoms with Crippen LogP contribution in [0.15, 0.2) is 28.9 Å². The van der Waals surface area contributed by atoms with E-state index in [-0.39, 0.29) is 0 Å². The number of pyridine rings is 1. The molecule has 5 rings (SSSR count). The lowest BCUT2D eigenvalue weighted by molar-refractivity contribution is 0.0241. The lowest BCUT2D eigenvalue weighted by atomic mass is 9.96. The summed E-state index contributed by atoms with van der Waals surface area (Å²) >= 11 is 0. The molecule has 0 radical (unpaired) electrons. The minimum absolute atomic E-state index is 0.698. The molecular formula is C20H27N5O. The Kier molecular flexibility index (Phi) is 4.38. The van der Waals surface area contributed by atoms with Gasteiger partial charge in [-0.1, -0.05) is 11.2 Å². The number of aromatic nitrogens is 2. The predicted molar refractivity (Wildman–Crippen MR) is 100 cm³/mol. The Hall–Kier alpha value is -1.92. The van der Waals surface area contributed by atoms with Gasteiger partial charge in [-0.2, -0.15) is 0 Å². The van der Waals surface area contributed by atoms with Crippen LogP contribution in [-0.4, -0.2) is 65.3 Å². The molecule has 0 N–H and O–H groups in total. The van der Waals surface area contributed by atoms with Crippen molar-refractivity contribution in [2.45, 2.75) is 38.3 Å². The maximum Gasteiger partial charge on any atom is 0.140 e. The first-order chi connectivity index (χ1) is 12.9. The number of rotatable bonds is 4. The molecule has 0 bridgehead atoms. The lowest BCUT2D eigenvalue weighted by Gasteiger charge is -2.48. The second-order valence-electron chi connectivity index (χ2n) is 7.80. The Morgan fingerprint density at radius 3 is 2.69 bits per heavy atom. The number of fused-ring (bicyclic) bond motifs is 1. The number of nitrogens with zero attached hydrogens (tertiary/aromatic N) is 5. The maximum atomic E-state index is 5.56. The molecule has 3 aliphatic rings. The summed E-state index contributed by atoms with van der Waals surface area (Å²) in [6, 6.07) is 6.86. The van der Waals surface area contributed by atoms with Crippen LogP contribution in [0.4, 0.5) is 5.82 Å². The summed E-state index contributed by atoms with van der Waals surface area (Å²) < 4.78 is 5.56. The fraction of sp³-hybridized carbons (Fsp3) is 0.600. The van der Waals surface area contributed by atoms with Gasteiger partial charge in [-0.15, -0.1) is 0 Å². The van der Waals surface area contributed by atoms with Crippen LogP contribution >= 0.6 is 0 Å². The van der Waals surface area contributed by atoms with Crippen LogP contribution in [-0.2, 0) is 19.4 Å². The van der Waals surface area contributed by atoms with E-state index >= 15 is 0 Å². The van der Waals surface area contributed by atoms with E-state index in [1.165, 1.54) is 24.1 Å². The monoisotopic (exact) mass is 353 g/mol. The smallest absolute Gasteiger partial charge is 0.140 e. The molecule has 26 heavy (non-hydrogen) atoms. The van der Waals surface area contributed by atoms with Gasteiger partial charge in [-0.25, -0.2) is 4.98 Å². The molecule has 138 valence electrons. The molecule has 2 fully saturated rings. The van der Waals surface area contributed by atoms with Gasteiger partial charge in [0.2, 0.25) is 0 Å².